The smallest absolute Gasteiger partial charge is 0.240 e. The summed E-state index contributed by atoms with van der Waals surface area (Å²) in [7, 11) is 0. The number of piperazine rings is 1. The van der Waals surface area contributed by atoms with E-state index in [9.17, 15) is 9.59 Å². The Bertz CT molecular complexity index is 617. The average Bonchev–Trinajstić information content (AvgIpc) is 2.95. The van der Waals surface area contributed by atoms with Crippen molar-refractivity contribution in [2.45, 2.75) is 47.0 Å². The van der Waals surface area contributed by atoms with E-state index in [0.29, 0.717) is 32.1 Å². The van der Waals surface area contributed by atoms with E-state index in [4.69, 9.17) is 4.52 Å². The van der Waals surface area contributed by atoms with Gasteiger partial charge in [-0.25, -0.2) is 0 Å². The van der Waals surface area contributed by atoms with Gasteiger partial charge in [0, 0.05) is 43.1 Å². The summed E-state index contributed by atoms with van der Waals surface area (Å²) in [5.41, 5.74) is 0.316. The molecule has 25 heavy (non-hydrogen) atoms. The number of rotatable bonds is 3. The highest BCUT2D eigenvalue weighted by Gasteiger charge is 2.30. The Labute approximate surface area is 149 Å². The van der Waals surface area contributed by atoms with E-state index in [1.807, 2.05) is 51.3 Å². The van der Waals surface area contributed by atoms with Crippen LogP contribution in [0.15, 0.2) is 10.6 Å². The molecule has 1 saturated heterocycles. The first-order chi connectivity index (χ1) is 11.5. The third-order valence-electron chi connectivity index (χ3n) is 4.21. The van der Waals surface area contributed by atoms with Gasteiger partial charge in [0.1, 0.15) is 0 Å². The van der Waals surface area contributed by atoms with Crippen LogP contribution in [0.4, 0.5) is 5.88 Å². The molecule has 1 aromatic heterocycles. The van der Waals surface area contributed by atoms with Crippen molar-refractivity contribution in [1.29, 1.82) is 0 Å². The number of amides is 2. The van der Waals surface area contributed by atoms with Crippen molar-refractivity contribution in [2.75, 3.05) is 38.0 Å². The molecule has 2 heterocycles. The standard InChI is InChI=1S/C18H30N4O3/c1-17(2,3)13-11-15(25-20-13)19-14(23)12-21-7-9-22(10-8-21)16(24)18(4,5)6/h11H,7-10,12H2,1-6H3,(H,19,23). The van der Waals surface area contributed by atoms with Crippen molar-refractivity contribution in [2.24, 2.45) is 5.41 Å². The molecule has 0 radical (unpaired) electrons. The van der Waals surface area contributed by atoms with Gasteiger partial charge in [-0.05, 0) is 0 Å². The third-order valence-corrected chi connectivity index (χ3v) is 4.21. The van der Waals surface area contributed by atoms with E-state index in [-0.39, 0.29) is 29.2 Å². The molecule has 0 unspecified atom stereocenters. The fourth-order valence-corrected chi connectivity index (χ4v) is 2.65. The van der Waals surface area contributed by atoms with Gasteiger partial charge in [-0.2, -0.15) is 0 Å². The Kier molecular flexibility index (Phi) is 5.56. The van der Waals surface area contributed by atoms with E-state index in [1.165, 1.54) is 0 Å². The zero-order valence-corrected chi connectivity index (χ0v) is 16.2. The quantitative estimate of drug-likeness (QED) is 0.903. The van der Waals surface area contributed by atoms with Crippen LogP contribution < -0.4 is 5.32 Å². The van der Waals surface area contributed by atoms with Crippen LogP contribution in [0.25, 0.3) is 0 Å². The second-order valence-corrected chi connectivity index (χ2v) is 8.69. The molecule has 1 N–H and O–H groups in total. The summed E-state index contributed by atoms with van der Waals surface area (Å²) in [6.07, 6.45) is 0. The Morgan fingerprint density at radius 2 is 1.72 bits per heavy atom. The third kappa shape index (κ3) is 5.29. The van der Waals surface area contributed by atoms with Crippen LogP contribution in [0.3, 0.4) is 0 Å². The van der Waals surface area contributed by atoms with Crippen molar-refractivity contribution in [3.8, 4) is 0 Å². The van der Waals surface area contributed by atoms with E-state index in [2.05, 4.69) is 10.5 Å². The van der Waals surface area contributed by atoms with Crippen molar-refractivity contribution in [3.05, 3.63) is 11.8 Å². The molecule has 2 rings (SSSR count). The Morgan fingerprint density at radius 1 is 1.12 bits per heavy atom. The summed E-state index contributed by atoms with van der Waals surface area (Å²) in [6, 6.07) is 1.76. The maximum Gasteiger partial charge on any atom is 0.240 e. The van der Waals surface area contributed by atoms with Crippen molar-refractivity contribution in [1.82, 2.24) is 15.0 Å². The first-order valence-corrected chi connectivity index (χ1v) is 8.75. The highest BCUT2D eigenvalue weighted by Crippen LogP contribution is 2.23. The summed E-state index contributed by atoms with van der Waals surface area (Å²) in [5.74, 6) is 0.400. The first kappa shape index (κ1) is 19.4. The highest BCUT2D eigenvalue weighted by molar-refractivity contribution is 5.91. The minimum Gasteiger partial charge on any atom is -0.340 e. The normalized spacial score (nSPS) is 16.8. The molecule has 7 nitrogen and oxygen atoms in total. The molecular formula is C18H30N4O3. The molecule has 140 valence electrons. The predicted molar refractivity (Wildman–Crippen MR) is 96.3 cm³/mol. The fraction of sp³-hybridized carbons (Fsp3) is 0.722. The molecule has 1 aliphatic rings. The second kappa shape index (κ2) is 7.15. The number of aromatic nitrogens is 1. The zero-order chi connectivity index (χ0) is 18.8. The van der Waals surface area contributed by atoms with Crippen molar-refractivity contribution >= 4 is 17.7 Å². The van der Waals surface area contributed by atoms with Crippen LogP contribution in [0.5, 0.6) is 0 Å². The molecule has 1 aromatic rings. The molecule has 1 fully saturated rings. The number of anilines is 1. The van der Waals surface area contributed by atoms with Crippen molar-refractivity contribution < 1.29 is 14.1 Å². The molecule has 2 amide bonds. The average molecular weight is 350 g/mol. The molecule has 0 bridgehead atoms. The van der Waals surface area contributed by atoms with Crippen LogP contribution in [0.2, 0.25) is 0 Å². The van der Waals surface area contributed by atoms with E-state index >= 15 is 0 Å². The molecular weight excluding hydrogens is 320 g/mol. The molecule has 0 spiro atoms. The lowest BCUT2D eigenvalue weighted by molar-refractivity contribution is -0.141. The fourth-order valence-electron chi connectivity index (χ4n) is 2.65. The summed E-state index contributed by atoms with van der Waals surface area (Å²) in [4.78, 5) is 28.4. The van der Waals surface area contributed by atoms with E-state index in [1.54, 1.807) is 6.07 Å². The minimum absolute atomic E-state index is 0.123. The number of hydrogen-bond donors (Lipinski definition) is 1. The van der Waals surface area contributed by atoms with E-state index < -0.39 is 0 Å². The molecule has 0 aromatic carbocycles. The van der Waals surface area contributed by atoms with Gasteiger partial charge >= 0.3 is 0 Å². The number of carbonyl (C=O) groups excluding carboxylic acids is 2. The van der Waals surface area contributed by atoms with Gasteiger partial charge < -0.3 is 9.42 Å². The zero-order valence-electron chi connectivity index (χ0n) is 16.2. The lowest BCUT2D eigenvalue weighted by Crippen LogP contribution is -2.52. The SMILES string of the molecule is CC(C)(C)C(=O)N1CCN(CC(=O)Nc2cc(C(C)(C)C)no2)CC1. The lowest BCUT2D eigenvalue weighted by atomic mass is 9.92. The Hall–Kier alpha value is -1.89. The maximum absolute atomic E-state index is 12.3. The predicted octanol–water partition coefficient (Wildman–Crippen LogP) is 2.10. The van der Waals surface area contributed by atoms with Gasteiger partial charge in [0.2, 0.25) is 17.7 Å². The minimum atomic E-state index is -0.364. The number of nitrogens with one attached hydrogen (secondary N) is 1. The molecule has 0 aliphatic carbocycles. The van der Waals surface area contributed by atoms with Gasteiger partial charge in [0.05, 0.1) is 12.2 Å². The topological polar surface area (TPSA) is 78.7 Å². The van der Waals surface area contributed by atoms with Gasteiger partial charge in [-0.3, -0.25) is 19.8 Å². The first-order valence-electron chi connectivity index (χ1n) is 8.75. The number of nitrogens with zero attached hydrogens (tertiary/aromatic N) is 3. The van der Waals surface area contributed by atoms with Crippen LogP contribution in [0, 0.1) is 5.41 Å². The lowest BCUT2D eigenvalue weighted by Gasteiger charge is -2.37. The van der Waals surface area contributed by atoms with Crippen molar-refractivity contribution in [3.63, 3.8) is 0 Å². The Morgan fingerprint density at radius 3 is 2.20 bits per heavy atom. The highest BCUT2D eigenvalue weighted by atomic mass is 16.5. The summed E-state index contributed by atoms with van der Waals surface area (Å²) in [6.45, 7) is 14.9. The summed E-state index contributed by atoms with van der Waals surface area (Å²) in [5, 5.41) is 6.74. The Balaban J connectivity index is 1.81. The van der Waals surface area contributed by atoms with Gasteiger partial charge in [-0.15, -0.1) is 0 Å². The van der Waals surface area contributed by atoms with Gasteiger partial charge in [0.15, 0.2) is 0 Å². The van der Waals surface area contributed by atoms with Crippen LogP contribution >= 0.6 is 0 Å². The van der Waals surface area contributed by atoms with E-state index in [0.717, 1.165) is 5.69 Å². The summed E-state index contributed by atoms with van der Waals surface area (Å²) < 4.78 is 5.18. The van der Waals surface area contributed by atoms with Gasteiger partial charge in [-0.1, -0.05) is 46.7 Å². The maximum atomic E-state index is 12.3. The monoisotopic (exact) mass is 350 g/mol. The molecule has 0 saturated carbocycles. The van der Waals surface area contributed by atoms with Crippen LogP contribution in [0.1, 0.15) is 47.2 Å². The number of carbonyl (C=O) groups is 2. The van der Waals surface area contributed by atoms with Gasteiger partial charge in [0.25, 0.3) is 0 Å². The molecule has 0 atom stereocenters. The molecule has 7 heteroatoms. The second-order valence-electron chi connectivity index (χ2n) is 8.69. The summed E-state index contributed by atoms with van der Waals surface area (Å²) >= 11 is 0. The number of hydrogen-bond acceptors (Lipinski definition) is 5. The van der Waals surface area contributed by atoms with Crippen LogP contribution in [-0.4, -0.2) is 59.5 Å². The van der Waals surface area contributed by atoms with Crippen LogP contribution in [-0.2, 0) is 15.0 Å². The largest absolute Gasteiger partial charge is 0.340 e. The molecule has 1 aliphatic heterocycles.